The lowest BCUT2D eigenvalue weighted by molar-refractivity contribution is -0.114. The second kappa shape index (κ2) is 5.02. The molecule has 0 atom stereocenters. The predicted molar refractivity (Wildman–Crippen MR) is 74.2 cm³/mol. The monoisotopic (exact) mass is 257 g/mol. The maximum Gasteiger partial charge on any atom is 0.221 e. The van der Waals surface area contributed by atoms with Crippen LogP contribution in [0.15, 0.2) is 36.4 Å². The van der Waals surface area contributed by atoms with Crippen molar-refractivity contribution >= 4 is 11.6 Å². The Morgan fingerprint density at radius 3 is 2.21 bits per heavy atom. The van der Waals surface area contributed by atoms with E-state index < -0.39 is 0 Å². The highest BCUT2D eigenvalue weighted by Gasteiger charge is 2.06. The van der Waals surface area contributed by atoms with Gasteiger partial charge in [-0.2, -0.15) is 0 Å². The third kappa shape index (κ3) is 3.04. The summed E-state index contributed by atoms with van der Waals surface area (Å²) in [5.74, 6) is -0.0946. The van der Waals surface area contributed by atoms with Gasteiger partial charge < -0.3 is 15.5 Å². The summed E-state index contributed by atoms with van der Waals surface area (Å²) < 4.78 is 0. The number of benzene rings is 2. The molecule has 4 heteroatoms. The topological polar surface area (TPSA) is 69.6 Å². The van der Waals surface area contributed by atoms with Crippen molar-refractivity contribution in [3.05, 3.63) is 42.0 Å². The van der Waals surface area contributed by atoms with Crippen LogP contribution in [0.3, 0.4) is 0 Å². The Morgan fingerprint density at radius 2 is 1.68 bits per heavy atom. The molecule has 2 aromatic carbocycles. The van der Waals surface area contributed by atoms with E-state index in [1.807, 2.05) is 19.1 Å². The van der Waals surface area contributed by atoms with Crippen molar-refractivity contribution in [1.82, 2.24) is 0 Å². The lowest BCUT2D eigenvalue weighted by atomic mass is 9.99. The van der Waals surface area contributed by atoms with Crippen LogP contribution in [0.4, 0.5) is 5.69 Å². The fourth-order valence-electron chi connectivity index (χ4n) is 2.02. The Hall–Kier alpha value is -2.49. The summed E-state index contributed by atoms with van der Waals surface area (Å²) in [6.07, 6.45) is 0. The van der Waals surface area contributed by atoms with Gasteiger partial charge >= 0.3 is 0 Å². The molecule has 0 heterocycles. The normalized spacial score (nSPS) is 10.2. The van der Waals surface area contributed by atoms with E-state index in [1.165, 1.54) is 13.0 Å². The molecule has 0 aromatic heterocycles. The molecule has 0 saturated heterocycles. The summed E-state index contributed by atoms with van der Waals surface area (Å²) in [4.78, 5) is 11.0. The number of aryl methyl sites for hydroxylation is 1. The molecule has 3 N–H and O–H groups in total. The number of carbonyl (C=O) groups is 1. The molecule has 0 radical (unpaired) electrons. The van der Waals surface area contributed by atoms with Gasteiger partial charge in [-0.1, -0.05) is 6.07 Å². The van der Waals surface area contributed by atoms with Gasteiger partial charge in [0.25, 0.3) is 0 Å². The van der Waals surface area contributed by atoms with E-state index in [9.17, 15) is 15.0 Å². The lowest BCUT2D eigenvalue weighted by Crippen LogP contribution is -2.05. The van der Waals surface area contributed by atoms with Crippen LogP contribution in [-0.2, 0) is 4.79 Å². The van der Waals surface area contributed by atoms with Crippen molar-refractivity contribution in [2.75, 3.05) is 5.32 Å². The van der Waals surface area contributed by atoms with Crippen LogP contribution in [0.2, 0.25) is 0 Å². The molecule has 0 aliphatic heterocycles. The third-order valence-corrected chi connectivity index (χ3v) is 2.76. The van der Waals surface area contributed by atoms with Gasteiger partial charge in [0.2, 0.25) is 5.91 Å². The molecule has 0 fully saturated rings. The summed E-state index contributed by atoms with van der Waals surface area (Å²) in [5.41, 5.74) is 3.28. The number of carbonyl (C=O) groups excluding carboxylic acids is 1. The van der Waals surface area contributed by atoms with E-state index in [1.54, 1.807) is 18.2 Å². The molecule has 2 aromatic rings. The number of rotatable bonds is 2. The molecule has 0 saturated carbocycles. The van der Waals surface area contributed by atoms with Gasteiger partial charge in [-0.25, -0.2) is 0 Å². The van der Waals surface area contributed by atoms with E-state index in [0.717, 1.165) is 22.4 Å². The standard InChI is InChI=1S/C15H15NO3/c1-9-5-12(16-10(2)17)3-4-15(9)11-6-13(18)8-14(19)7-11/h3-8,18-19H,1-2H3,(H,16,17). The van der Waals surface area contributed by atoms with Crippen LogP contribution < -0.4 is 5.32 Å². The number of nitrogens with one attached hydrogen (secondary N) is 1. The fourth-order valence-corrected chi connectivity index (χ4v) is 2.02. The zero-order valence-electron chi connectivity index (χ0n) is 10.8. The van der Waals surface area contributed by atoms with E-state index in [4.69, 9.17) is 0 Å². The molecule has 0 bridgehead atoms. The van der Waals surface area contributed by atoms with Crippen LogP contribution >= 0.6 is 0 Å². The lowest BCUT2D eigenvalue weighted by Gasteiger charge is -2.10. The highest BCUT2D eigenvalue weighted by Crippen LogP contribution is 2.31. The van der Waals surface area contributed by atoms with Gasteiger partial charge in [0.15, 0.2) is 0 Å². The average Bonchev–Trinajstić information content (AvgIpc) is 2.26. The van der Waals surface area contributed by atoms with Crippen molar-refractivity contribution in [2.24, 2.45) is 0 Å². The minimum absolute atomic E-state index is 0.0142. The summed E-state index contributed by atoms with van der Waals surface area (Å²) in [6, 6.07) is 9.92. The molecule has 19 heavy (non-hydrogen) atoms. The number of phenols is 2. The number of hydrogen-bond acceptors (Lipinski definition) is 3. The quantitative estimate of drug-likeness (QED) is 0.774. The SMILES string of the molecule is CC(=O)Nc1ccc(-c2cc(O)cc(O)c2)c(C)c1. The number of anilines is 1. The van der Waals surface area contributed by atoms with E-state index >= 15 is 0 Å². The number of hydrogen-bond donors (Lipinski definition) is 3. The van der Waals surface area contributed by atoms with Crippen LogP contribution in [0.25, 0.3) is 11.1 Å². The Bertz CT molecular complexity index is 615. The van der Waals surface area contributed by atoms with Gasteiger partial charge in [-0.3, -0.25) is 4.79 Å². The zero-order valence-corrected chi connectivity index (χ0v) is 10.8. The Morgan fingerprint density at radius 1 is 1.05 bits per heavy atom. The third-order valence-electron chi connectivity index (χ3n) is 2.76. The largest absolute Gasteiger partial charge is 0.508 e. The first-order chi connectivity index (χ1) is 8.95. The maximum atomic E-state index is 11.0. The van der Waals surface area contributed by atoms with Crippen molar-refractivity contribution in [3.63, 3.8) is 0 Å². The molecule has 4 nitrogen and oxygen atoms in total. The van der Waals surface area contributed by atoms with Gasteiger partial charge in [-0.15, -0.1) is 0 Å². The predicted octanol–water partition coefficient (Wildman–Crippen LogP) is 3.03. The first-order valence-corrected chi connectivity index (χ1v) is 5.87. The zero-order chi connectivity index (χ0) is 14.0. The van der Waals surface area contributed by atoms with Gasteiger partial charge in [0.1, 0.15) is 11.5 Å². The first-order valence-electron chi connectivity index (χ1n) is 5.87. The Labute approximate surface area is 111 Å². The molecule has 98 valence electrons. The van der Waals surface area contributed by atoms with E-state index in [2.05, 4.69) is 5.32 Å². The Kier molecular flexibility index (Phi) is 3.42. The number of phenolic OH excluding ortho intramolecular Hbond substituents is 2. The molecule has 0 spiro atoms. The fraction of sp³-hybridized carbons (Fsp3) is 0.133. The second-order valence-corrected chi connectivity index (χ2v) is 4.45. The average molecular weight is 257 g/mol. The smallest absolute Gasteiger partial charge is 0.221 e. The van der Waals surface area contributed by atoms with Crippen LogP contribution in [0.5, 0.6) is 11.5 Å². The number of aromatic hydroxyl groups is 2. The summed E-state index contributed by atoms with van der Waals surface area (Å²) >= 11 is 0. The summed E-state index contributed by atoms with van der Waals surface area (Å²) in [7, 11) is 0. The van der Waals surface area contributed by atoms with Gasteiger partial charge in [-0.05, 0) is 47.9 Å². The van der Waals surface area contributed by atoms with Crippen LogP contribution in [0, 0.1) is 6.92 Å². The van der Waals surface area contributed by atoms with Crippen molar-refractivity contribution in [1.29, 1.82) is 0 Å². The molecule has 0 aliphatic rings. The van der Waals surface area contributed by atoms with Gasteiger partial charge in [0, 0.05) is 18.7 Å². The second-order valence-electron chi connectivity index (χ2n) is 4.45. The highest BCUT2D eigenvalue weighted by molar-refractivity contribution is 5.89. The highest BCUT2D eigenvalue weighted by atomic mass is 16.3. The number of amides is 1. The van der Waals surface area contributed by atoms with Crippen molar-refractivity contribution in [3.8, 4) is 22.6 Å². The summed E-state index contributed by atoms with van der Waals surface area (Å²) in [5, 5.41) is 21.7. The minimum Gasteiger partial charge on any atom is -0.508 e. The van der Waals surface area contributed by atoms with E-state index in [0.29, 0.717) is 0 Å². The summed E-state index contributed by atoms with van der Waals surface area (Å²) in [6.45, 7) is 3.36. The molecular formula is C15H15NO3. The first kappa shape index (κ1) is 13.0. The Balaban J connectivity index is 2.42. The van der Waals surface area contributed by atoms with Crippen LogP contribution in [-0.4, -0.2) is 16.1 Å². The molecular weight excluding hydrogens is 242 g/mol. The molecule has 2 rings (SSSR count). The van der Waals surface area contributed by atoms with Gasteiger partial charge in [0.05, 0.1) is 0 Å². The molecule has 0 aliphatic carbocycles. The van der Waals surface area contributed by atoms with Crippen LogP contribution in [0.1, 0.15) is 12.5 Å². The van der Waals surface area contributed by atoms with Crippen molar-refractivity contribution in [2.45, 2.75) is 13.8 Å². The molecule has 0 unspecified atom stereocenters. The maximum absolute atomic E-state index is 11.0. The molecule has 1 amide bonds. The minimum atomic E-state index is -0.123. The van der Waals surface area contributed by atoms with Crippen molar-refractivity contribution < 1.29 is 15.0 Å². The van der Waals surface area contributed by atoms with E-state index in [-0.39, 0.29) is 17.4 Å².